The Balaban J connectivity index is 0.972. The summed E-state index contributed by atoms with van der Waals surface area (Å²) in [5, 5.41) is 2.20. The van der Waals surface area contributed by atoms with Crippen LogP contribution in [0, 0.1) is 0 Å². The second-order valence-electron chi connectivity index (χ2n) is 17.1. The fourth-order valence-electron chi connectivity index (χ4n) is 11.3. The van der Waals surface area contributed by atoms with Gasteiger partial charge in [0, 0.05) is 22.0 Å². The summed E-state index contributed by atoms with van der Waals surface area (Å²) in [6.07, 6.45) is 0. The predicted octanol–water partition coefficient (Wildman–Crippen LogP) is 16.6. The Kier molecular flexibility index (Phi) is 7.57. The number of hydrogen-bond donors (Lipinski definition) is 0. The topological polar surface area (TPSA) is 28.9 Å². The molecule has 14 rings (SSSR count). The molecular formula is C61H38N2O2. The lowest BCUT2D eigenvalue weighted by atomic mass is 9.64. The van der Waals surface area contributed by atoms with Crippen molar-refractivity contribution in [3.05, 3.63) is 253 Å². The van der Waals surface area contributed by atoms with Crippen molar-refractivity contribution in [2.24, 2.45) is 0 Å². The zero-order valence-electron chi connectivity index (χ0n) is 35.2. The number of ether oxygens (including phenoxy) is 1. The van der Waals surface area contributed by atoms with Crippen molar-refractivity contribution in [2.45, 2.75) is 5.41 Å². The average molecular weight is 831 g/mol. The van der Waals surface area contributed by atoms with Crippen LogP contribution in [0.3, 0.4) is 0 Å². The lowest BCUT2D eigenvalue weighted by Crippen LogP contribution is -2.37. The van der Waals surface area contributed by atoms with Crippen LogP contribution in [0.4, 0.5) is 34.1 Å². The van der Waals surface area contributed by atoms with E-state index in [-0.39, 0.29) is 0 Å². The number of hydrogen-bond acceptors (Lipinski definition) is 4. The Bertz CT molecular complexity index is 3720. The highest BCUT2D eigenvalue weighted by atomic mass is 16.5. The highest BCUT2D eigenvalue weighted by Gasteiger charge is 2.53. The van der Waals surface area contributed by atoms with Gasteiger partial charge in [-0.1, -0.05) is 176 Å². The molecule has 1 atom stereocenters. The molecule has 3 aliphatic rings. The molecule has 304 valence electrons. The maximum Gasteiger partial charge on any atom is 0.159 e. The number of benzene rings is 10. The van der Waals surface area contributed by atoms with Gasteiger partial charge in [0.1, 0.15) is 5.58 Å². The van der Waals surface area contributed by atoms with Crippen molar-refractivity contribution >= 4 is 56.1 Å². The van der Waals surface area contributed by atoms with Gasteiger partial charge in [-0.2, -0.15) is 0 Å². The van der Waals surface area contributed by atoms with Crippen molar-refractivity contribution in [3.8, 4) is 44.9 Å². The van der Waals surface area contributed by atoms with E-state index in [0.717, 1.165) is 84.3 Å². The molecule has 10 aromatic carbocycles. The van der Waals surface area contributed by atoms with E-state index in [1.165, 1.54) is 38.9 Å². The smallest absolute Gasteiger partial charge is 0.159 e. The van der Waals surface area contributed by atoms with Crippen LogP contribution in [0.15, 0.2) is 235 Å². The van der Waals surface area contributed by atoms with Gasteiger partial charge in [-0.3, -0.25) is 0 Å². The summed E-state index contributed by atoms with van der Waals surface area (Å²) in [6, 6.07) is 83.1. The first-order chi connectivity index (χ1) is 32.3. The van der Waals surface area contributed by atoms with E-state index < -0.39 is 5.41 Å². The Hall–Kier alpha value is -8.60. The SMILES string of the molecule is c1ccc(-c2ccccc2N(c2ccc(-c3cccc4c3-c3ccccc3C43c4ccccc4N4c5ccccc5Oc5cccc3c54)cc2)c2cccc3c2oc2ccccc23)cc1. The molecule has 4 nitrogen and oxygen atoms in total. The number of nitrogens with zero attached hydrogens (tertiary/aromatic N) is 2. The Morgan fingerprint density at radius 3 is 1.88 bits per heavy atom. The third-order valence-electron chi connectivity index (χ3n) is 13.9. The zero-order valence-corrected chi connectivity index (χ0v) is 35.2. The standard InChI is InChI=1S/C61H38N2O2/c1-2-17-39(18-3-1)42-19-5-9-28-51(42)62(54-31-15-23-45-44-20-6-12-32-55(44)65-60(45)54)41-37-35-40(36-38-41)43-22-14-26-49-58(43)46-21-4-7-24-47(46)61(49)48-25-8-10-29-52(48)63-53-30-11-13-33-56(53)64-57-34-16-27-50(61)59(57)63/h1-38H. The van der Waals surface area contributed by atoms with Gasteiger partial charge >= 0.3 is 0 Å². The van der Waals surface area contributed by atoms with E-state index in [2.05, 4.69) is 228 Å². The number of para-hydroxylation sites is 7. The van der Waals surface area contributed by atoms with E-state index in [1.807, 2.05) is 12.1 Å². The van der Waals surface area contributed by atoms with Crippen molar-refractivity contribution < 1.29 is 9.15 Å². The van der Waals surface area contributed by atoms with Gasteiger partial charge < -0.3 is 19.0 Å². The first-order valence-corrected chi connectivity index (χ1v) is 22.3. The second-order valence-corrected chi connectivity index (χ2v) is 17.1. The Labute approximate surface area is 376 Å². The van der Waals surface area contributed by atoms with Crippen molar-refractivity contribution in [1.82, 2.24) is 0 Å². The summed E-state index contributed by atoms with van der Waals surface area (Å²) in [4.78, 5) is 4.78. The van der Waals surface area contributed by atoms with Gasteiger partial charge in [0.15, 0.2) is 17.1 Å². The van der Waals surface area contributed by atoms with Crippen LogP contribution in [-0.4, -0.2) is 0 Å². The number of fused-ring (bicyclic) bond motifs is 14. The maximum atomic E-state index is 6.73. The zero-order chi connectivity index (χ0) is 42.6. The number of anilines is 6. The molecule has 0 fully saturated rings. The summed E-state index contributed by atoms with van der Waals surface area (Å²) in [6.45, 7) is 0. The molecule has 0 saturated carbocycles. The van der Waals surface area contributed by atoms with Crippen molar-refractivity contribution in [2.75, 3.05) is 9.80 Å². The fraction of sp³-hybridized carbons (Fsp3) is 0.0164. The van der Waals surface area contributed by atoms with Gasteiger partial charge in [-0.15, -0.1) is 0 Å². The van der Waals surface area contributed by atoms with Crippen LogP contribution in [-0.2, 0) is 5.41 Å². The van der Waals surface area contributed by atoms with Crippen molar-refractivity contribution in [3.63, 3.8) is 0 Å². The first-order valence-electron chi connectivity index (χ1n) is 22.3. The van der Waals surface area contributed by atoms with Crippen LogP contribution in [0.1, 0.15) is 22.3 Å². The van der Waals surface area contributed by atoms with Crippen LogP contribution in [0.2, 0.25) is 0 Å². The normalized spacial score (nSPS) is 14.9. The molecule has 0 bridgehead atoms. The molecular weight excluding hydrogens is 793 g/mol. The molecule has 1 aliphatic carbocycles. The van der Waals surface area contributed by atoms with E-state index in [1.54, 1.807) is 0 Å². The minimum absolute atomic E-state index is 0.584. The van der Waals surface area contributed by atoms with Crippen molar-refractivity contribution in [1.29, 1.82) is 0 Å². The molecule has 4 heteroatoms. The minimum atomic E-state index is -0.584. The van der Waals surface area contributed by atoms with Gasteiger partial charge in [0.25, 0.3) is 0 Å². The van der Waals surface area contributed by atoms with E-state index in [4.69, 9.17) is 9.15 Å². The van der Waals surface area contributed by atoms with E-state index in [0.29, 0.717) is 0 Å². The van der Waals surface area contributed by atoms with Gasteiger partial charge in [-0.05, 0) is 105 Å². The molecule has 1 aromatic heterocycles. The highest BCUT2D eigenvalue weighted by molar-refractivity contribution is 6.11. The Morgan fingerprint density at radius 2 is 0.985 bits per heavy atom. The van der Waals surface area contributed by atoms with Crippen LogP contribution < -0.4 is 14.5 Å². The average Bonchev–Trinajstić information content (AvgIpc) is 3.91. The third-order valence-corrected chi connectivity index (χ3v) is 13.9. The monoisotopic (exact) mass is 830 g/mol. The summed E-state index contributed by atoms with van der Waals surface area (Å²) >= 11 is 0. The molecule has 2 aliphatic heterocycles. The number of furan rings is 1. The fourth-order valence-corrected chi connectivity index (χ4v) is 11.3. The lowest BCUT2D eigenvalue weighted by molar-refractivity contribution is 0.473. The molecule has 0 N–H and O–H groups in total. The molecule has 0 radical (unpaired) electrons. The lowest BCUT2D eigenvalue weighted by Gasteiger charge is -2.47. The van der Waals surface area contributed by atoms with E-state index >= 15 is 0 Å². The van der Waals surface area contributed by atoms with Gasteiger partial charge in [0.2, 0.25) is 0 Å². The minimum Gasteiger partial charge on any atom is -0.454 e. The molecule has 11 aromatic rings. The van der Waals surface area contributed by atoms with Gasteiger partial charge in [0.05, 0.1) is 33.9 Å². The summed E-state index contributed by atoms with van der Waals surface area (Å²) in [5.41, 5.74) is 19.7. The summed E-state index contributed by atoms with van der Waals surface area (Å²) in [7, 11) is 0. The molecule has 3 heterocycles. The second kappa shape index (κ2) is 13.7. The summed E-state index contributed by atoms with van der Waals surface area (Å²) < 4.78 is 13.4. The van der Waals surface area contributed by atoms with Gasteiger partial charge in [-0.25, -0.2) is 0 Å². The largest absolute Gasteiger partial charge is 0.454 e. The van der Waals surface area contributed by atoms with E-state index in [9.17, 15) is 0 Å². The molecule has 0 amide bonds. The third kappa shape index (κ3) is 4.96. The van der Waals surface area contributed by atoms with Crippen LogP contribution in [0.5, 0.6) is 11.5 Å². The Morgan fingerprint density at radius 1 is 0.385 bits per heavy atom. The highest BCUT2D eigenvalue weighted by Crippen LogP contribution is 2.67. The quantitative estimate of drug-likeness (QED) is 0.173. The molecule has 1 unspecified atom stereocenters. The summed E-state index contributed by atoms with van der Waals surface area (Å²) in [5.74, 6) is 1.72. The first kappa shape index (κ1) is 35.9. The predicted molar refractivity (Wildman–Crippen MR) is 265 cm³/mol. The maximum absolute atomic E-state index is 6.73. The molecule has 0 saturated heterocycles. The molecule has 1 spiro atoms. The molecule has 65 heavy (non-hydrogen) atoms. The van der Waals surface area contributed by atoms with Crippen LogP contribution in [0.25, 0.3) is 55.3 Å². The number of rotatable bonds is 5. The van der Waals surface area contributed by atoms with Crippen LogP contribution >= 0.6 is 0 Å².